The molecule has 0 unspecified atom stereocenters. The van der Waals surface area contributed by atoms with E-state index in [9.17, 15) is 4.79 Å². The fourth-order valence-electron chi connectivity index (χ4n) is 4.47. The minimum atomic E-state index is -0.320. The molecule has 0 aliphatic carbocycles. The van der Waals surface area contributed by atoms with Crippen LogP contribution in [0.4, 0.5) is 4.79 Å². The first-order valence-corrected chi connectivity index (χ1v) is 11.6. The SMILES string of the molecule is O=C(NCc1ccccc1)N[C@H]1CO[C@H]2[C@@H]1OC[C@@H]2n1nnnc1Oc1ccc(-n2ccnc2)cc1. The molecule has 36 heavy (non-hydrogen) atoms. The highest BCUT2D eigenvalue weighted by Gasteiger charge is 2.50. The van der Waals surface area contributed by atoms with E-state index in [-0.39, 0.29) is 36.3 Å². The van der Waals surface area contributed by atoms with E-state index < -0.39 is 0 Å². The number of carbonyl (C=O) groups excluding carboxylic acids is 1. The first kappa shape index (κ1) is 22.2. The fourth-order valence-corrected chi connectivity index (χ4v) is 4.47. The lowest BCUT2D eigenvalue weighted by molar-refractivity contribution is 0.0613. The van der Waals surface area contributed by atoms with Crippen molar-refractivity contribution in [1.29, 1.82) is 0 Å². The van der Waals surface area contributed by atoms with Gasteiger partial charge in [-0.3, -0.25) is 0 Å². The van der Waals surface area contributed by atoms with E-state index in [0.717, 1.165) is 11.3 Å². The molecule has 2 N–H and O–H groups in total. The second-order valence-electron chi connectivity index (χ2n) is 8.55. The van der Waals surface area contributed by atoms with Crippen LogP contribution in [0.3, 0.4) is 0 Å². The summed E-state index contributed by atoms with van der Waals surface area (Å²) in [5.41, 5.74) is 1.98. The Morgan fingerprint density at radius 2 is 1.89 bits per heavy atom. The van der Waals surface area contributed by atoms with Crippen molar-refractivity contribution in [3.05, 3.63) is 78.9 Å². The molecule has 6 rings (SSSR count). The predicted octanol–water partition coefficient (Wildman–Crippen LogP) is 1.86. The largest absolute Gasteiger partial charge is 0.423 e. The third-order valence-electron chi connectivity index (χ3n) is 6.26. The van der Waals surface area contributed by atoms with Crippen LogP contribution in [0, 0.1) is 0 Å². The topological polar surface area (TPSA) is 130 Å². The Bertz CT molecular complexity index is 1300. The van der Waals surface area contributed by atoms with Crippen LogP contribution in [-0.2, 0) is 16.0 Å². The van der Waals surface area contributed by atoms with Crippen molar-refractivity contribution >= 4 is 6.03 Å². The third-order valence-corrected chi connectivity index (χ3v) is 6.26. The Morgan fingerprint density at radius 3 is 2.69 bits per heavy atom. The van der Waals surface area contributed by atoms with Gasteiger partial charge in [0.05, 0.1) is 25.6 Å². The Labute approximate surface area is 206 Å². The molecule has 2 aliphatic rings. The van der Waals surface area contributed by atoms with E-state index in [1.165, 1.54) is 0 Å². The highest BCUT2D eigenvalue weighted by molar-refractivity contribution is 5.74. The van der Waals surface area contributed by atoms with Crippen LogP contribution in [0.5, 0.6) is 11.8 Å². The summed E-state index contributed by atoms with van der Waals surface area (Å²) in [5.74, 6) is 0.590. The summed E-state index contributed by atoms with van der Waals surface area (Å²) in [6, 6.07) is 16.6. The molecule has 0 radical (unpaired) electrons. The number of aromatic nitrogens is 6. The van der Waals surface area contributed by atoms with Crippen molar-refractivity contribution in [2.24, 2.45) is 0 Å². The van der Waals surface area contributed by atoms with Gasteiger partial charge in [0.15, 0.2) is 0 Å². The molecule has 0 spiro atoms. The van der Waals surface area contributed by atoms with Crippen LogP contribution in [0.15, 0.2) is 73.3 Å². The number of carbonyl (C=O) groups is 1. The second-order valence-corrected chi connectivity index (χ2v) is 8.55. The lowest BCUT2D eigenvalue weighted by Crippen LogP contribution is -2.48. The average Bonchev–Trinajstić information content (AvgIpc) is 3.71. The van der Waals surface area contributed by atoms with Gasteiger partial charge in [-0.25, -0.2) is 9.78 Å². The number of fused-ring (bicyclic) bond motifs is 1. The molecule has 2 saturated heterocycles. The minimum absolute atomic E-state index is 0.236. The molecule has 2 fully saturated rings. The zero-order valence-corrected chi connectivity index (χ0v) is 19.2. The molecule has 184 valence electrons. The molecule has 0 bridgehead atoms. The van der Waals surface area contributed by atoms with Gasteiger partial charge < -0.3 is 29.4 Å². The molecule has 12 nitrogen and oxygen atoms in total. The molecule has 12 heteroatoms. The van der Waals surface area contributed by atoms with E-state index in [2.05, 4.69) is 31.1 Å². The Morgan fingerprint density at radius 1 is 1.06 bits per heavy atom. The molecule has 2 aliphatic heterocycles. The third kappa shape index (κ3) is 4.51. The summed E-state index contributed by atoms with van der Waals surface area (Å²) in [7, 11) is 0. The van der Waals surface area contributed by atoms with E-state index in [0.29, 0.717) is 25.5 Å². The van der Waals surface area contributed by atoms with E-state index in [4.69, 9.17) is 14.2 Å². The number of tetrazole rings is 1. The monoisotopic (exact) mass is 488 g/mol. The molecule has 4 atom stereocenters. The van der Waals surface area contributed by atoms with Crippen molar-refractivity contribution in [2.75, 3.05) is 13.2 Å². The smallest absolute Gasteiger partial charge is 0.341 e. The van der Waals surface area contributed by atoms with Gasteiger partial charge in [0.2, 0.25) is 0 Å². The second kappa shape index (κ2) is 9.76. The van der Waals surface area contributed by atoms with E-state index >= 15 is 0 Å². The summed E-state index contributed by atoms with van der Waals surface area (Å²) in [4.78, 5) is 16.5. The van der Waals surface area contributed by atoms with Gasteiger partial charge in [-0.05, 0) is 40.3 Å². The molecule has 2 aromatic heterocycles. The van der Waals surface area contributed by atoms with Crippen LogP contribution < -0.4 is 15.4 Å². The summed E-state index contributed by atoms with van der Waals surface area (Å²) in [6.45, 7) is 1.10. The molecule has 4 heterocycles. The highest BCUT2D eigenvalue weighted by atomic mass is 16.6. The van der Waals surface area contributed by atoms with Gasteiger partial charge in [0, 0.05) is 24.6 Å². The number of rotatable bonds is 7. The maximum absolute atomic E-state index is 12.4. The van der Waals surface area contributed by atoms with Crippen molar-refractivity contribution < 1.29 is 19.0 Å². The maximum atomic E-state index is 12.4. The van der Waals surface area contributed by atoms with Gasteiger partial charge >= 0.3 is 12.0 Å². The number of urea groups is 1. The zero-order chi connectivity index (χ0) is 24.3. The lowest BCUT2D eigenvalue weighted by atomic mass is 10.1. The highest BCUT2D eigenvalue weighted by Crippen LogP contribution is 2.36. The van der Waals surface area contributed by atoms with Gasteiger partial charge in [-0.1, -0.05) is 35.4 Å². The number of nitrogens with zero attached hydrogens (tertiary/aromatic N) is 6. The van der Waals surface area contributed by atoms with Gasteiger partial charge in [-0.2, -0.15) is 4.68 Å². The normalized spacial score (nSPS) is 22.8. The Balaban J connectivity index is 1.07. The summed E-state index contributed by atoms with van der Waals surface area (Å²) < 4.78 is 21.4. The van der Waals surface area contributed by atoms with E-state index in [1.54, 1.807) is 17.2 Å². The summed E-state index contributed by atoms with van der Waals surface area (Å²) >= 11 is 0. The molecule has 2 aromatic carbocycles. The van der Waals surface area contributed by atoms with Crippen molar-refractivity contribution in [3.63, 3.8) is 0 Å². The Kier molecular flexibility index (Phi) is 6.01. The number of hydrogen-bond acceptors (Lipinski definition) is 8. The lowest BCUT2D eigenvalue weighted by Gasteiger charge is -2.18. The van der Waals surface area contributed by atoms with Gasteiger partial charge in [0.1, 0.15) is 24.0 Å². The van der Waals surface area contributed by atoms with Crippen LogP contribution in [0.25, 0.3) is 5.69 Å². The summed E-state index contributed by atoms with van der Waals surface area (Å²) in [5, 5.41) is 17.8. The number of hydrogen-bond donors (Lipinski definition) is 2. The molecular weight excluding hydrogens is 464 g/mol. The van der Waals surface area contributed by atoms with Crippen LogP contribution in [0.1, 0.15) is 11.6 Å². The number of benzene rings is 2. The standard InChI is InChI=1S/C24H24N8O4/c33-23(26-12-16-4-2-1-3-5-16)27-19-13-34-22-20(14-35-21(19)22)32-24(28-29-30-32)36-18-8-6-17(7-9-18)31-11-10-25-15-31/h1-11,15,19-22H,12-14H2,(H2,26,27,33)/t19-,20-,21+,22+/m0/s1. The quantitative estimate of drug-likeness (QED) is 0.403. The van der Waals surface area contributed by atoms with Crippen molar-refractivity contribution in [1.82, 2.24) is 40.4 Å². The first-order valence-electron chi connectivity index (χ1n) is 11.6. The molecule has 0 saturated carbocycles. The molecule has 4 aromatic rings. The van der Waals surface area contributed by atoms with Gasteiger partial charge in [0.25, 0.3) is 0 Å². The number of imidazole rings is 1. The predicted molar refractivity (Wildman–Crippen MR) is 126 cm³/mol. The molecule has 2 amide bonds. The summed E-state index contributed by atoms with van der Waals surface area (Å²) in [6.07, 6.45) is 4.67. The van der Waals surface area contributed by atoms with Crippen LogP contribution in [-0.4, -0.2) is 67.3 Å². The fraction of sp³-hybridized carbons (Fsp3) is 0.292. The van der Waals surface area contributed by atoms with Crippen LogP contribution in [0.2, 0.25) is 0 Å². The Hall–Kier alpha value is -4.29. The average molecular weight is 489 g/mol. The molecular formula is C24H24N8O4. The minimum Gasteiger partial charge on any atom is -0.423 e. The van der Waals surface area contributed by atoms with Crippen molar-refractivity contribution in [2.45, 2.75) is 30.8 Å². The van der Waals surface area contributed by atoms with Crippen molar-refractivity contribution in [3.8, 4) is 17.4 Å². The maximum Gasteiger partial charge on any atom is 0.341 e. The van der Waals surface area contributed by atoms with Gasteiger partial charge in [-0.15, -0.1) is 0 Å². The van der Waals surface area contributed by atoms with Crippen LogP contribution >= 0.6 is 0 Å². The number of amides is 2. The zero-order valence-electron chi connectivity index (χ0n) is 19.2. The number of nitrogens with one attached hydrogen (secondary N) is 2. The first-order chi connectivity index (χ1) is 17.7. The number of ether oxygens (including phenoxy) is 3. The van der Waals surface area contributed by atoms with E-state index in [1.807, 2.05) is 65.4 Å².